The van der Waals surface area contributed by atoms with Gasteiger partial charge in [-0.2, -0.15) is 8.78 Å². The minimum Gasteiger partial charge on any atom is -0.493 e. The van der Waals surface area contributed by atoms with Crippen molar-refractivity contribution >= 4 is 17.2 Å². The van der Waals surface area contributed by atoms with Gasteiger partial charge in [0.25, 0.3) is 5.91 Å². The molecule has 0 aliphatic rings. The van der Waals surface area contributed by atoms with E-state index in [1.54, 1.807) is 41.9 Å². The molecule has 3 rings (SSSR count). The molecular weight excluding hydrogens is 414 g/mol. The average Bonchev–Trinajstić information content (AvgIpc) is 3.26. The lowest BCUT2D eigenvalue weighted by molar-refractivity contribution is -0.0512. The number of hydrogen-bond donors (Lipinski definition) is 1. The van der Waals surface area contributed by atoms with Gasteiger partial charge >= 0.3 is 6.61 Å². The van der Waals surface area contributed by atoms with Crippen molar-refractivity contribution in [2.45, 2.75) is 19.6 Å². The molecule has 3 aromatic rings. The van der Waals surface area contributed by atoms with Gasteiger partial charge in [0, 0.05) is 17.5 Å². The second kappa shape index (κ2) is 10.5. The first-order chi connectivity index (χ1) is 14.5. The molecule has 1 aromatic heterocycles. The van der Waals surface area contributed by atoms with Crippen molar-refractivity contribution in [3.8, 4) is 17.2 Å². The molecule has 0 atom stereocenters. The van der Waals surface area contributed by atoms with Crippen LogP contribution in [0.4, 0.5) is 8.78 Å². The van der Waals surface area contributed by atoms with E-state index < -0.39 is 6.61 Å². The Morgan fingerprint density at radius 2 is 2.07 bits per heavy atom. The van der Waals surface area contributed by atoms with Gasteiger partial charge in [-0.25, -0.2) is 4.98 Å². The number of hydrogen-bond acceptors (Lipinski definition) is 6. The quantitative estimate of drug-likeness (QED) is 0.515. The average molecular weight is 434 g/mol. The van der Waals surface area contributed by atoms with Crippen LogP contribution in [0.15, 0.2) is 53.4 Å². The van der Waals surface area contributed by atoms with Crippen LogP contribution in [0.2, 0.25) is 0 Å². The van der Waals surface area contributed by atoms with Gasteiger partial charge in [0.05, 0.1) is 18.3 Å². The van der Waals surface area contributed by atoms with Crippen molar-refractivity contribution in [2.75, 3.05) is 13.7 Å². The highest BCUT2D eigenvalue weighted by Gasteiger charge is 2.12. The molecule has 0 saturated heterocycles. The molecule has 0 unspecified atom stereocenters. The van der Waals surface area contributed by atoms with Crippen molar-refractivity contribution < 1.29 is 27.8 Å². The molecule has 158 valence electrons. The summed E-state index contributed by atoms with van der Waals surface area (Å²) >= 11 is 1.49. The molecule has 0 saturated carbocycles. The number of halogens is 2. The number of amides is 1. The van der Waals surface area contributed by atoms with Crippen LogP contribution in [0.3, 0.4) is 0 Å². The number of alkyl halides is 2. The molecule has 1 amide bonds. The lowest BCUT2D eigenvalue weighted by Crippen LogP contribution is -2.25. The number of nitrogens with zero attached hydrogens (tertiary/aromatic N) is 1. The summed E-state index contributed by atoms with van der Waals surface area (Å²) in [6.07, 6.45) is 0.440. The molecule has 1 N–H and O–H groups in total. The maximum atomic E-state index is 12.5. The van der Waals surface area contributed by atoms with Gasteiger partial charge in [-0.15, -0.1) is 11.3 Å². The zero-order valence-corrected chi connectivity index (χ0v) is 17.0. The summed E-state index contributed by atoms with van der Waals surface area (Å²) in [5.74, 6) is 0.491. The second-order valence-corrected chi connectivity index (χ2v) is 6.88. The number of carbonyl (C=O) groups is 1. The van der Waals surface area contributed by atoms with Crippen LogP contribution >= 0.6 is 11.3 Å². The molecule has 9 heteroatoms. The third kappa shape index (κ3) is 6.15. The third-order valence-corrected chi connectivity index (χ3v) is 4.75. The van der Waals surface area contributed by atoms with Crippen LogP contribution in [0.5, 0.6) is 17.2 Å². The van der Waals surface area contributed by atoms with Crippen LogP contribution in [-0.4, -0.2) is 31.2 Å². The summed E-state index contributed by atoms with van der Waals surface area (Å²) in [6.45, 7) is -2.29. The fourth-order valence-electron chi connectivity index (χ4n) is 2.68. The summed E-state index contributed by atoms with van der Waals surface area (Å²) in [5.41, 5.74) is 3.74. The van der Waals surface area contributed by atoms with E-state index in [9.17, 15) is 13.6 Å². The van der Waals surface area contributed by atoms with Gasteiger partial charge in [-0.05, 0) is 42.3 Å². The second-order valence-electron chi connectivity index (χ2n) is 6.17. The van der Waals surface area contributed by atoms with Gasteiger partial charge in [0.1, 0.15) is 12.4 Å². The Morgan fingerprint density at radius 1 is 1.20 bits per heavy atom. The normalized spacial score (nSPS) is 10.7. The highest BCUT2D eigenvalue weighted by atomic mass is 32.1. The van der Waals surface area contributed by atoms with E-state index >= 15 is 0 Å². The Morgan fingerprint density at radius 3 is 2.80 bits per heavy atom. The first-order valence-corrected chi connectivity index (χ1v) is 9.99. The highest BCUT2D eigenvalue weighted by molar-refractivity contribution is 7.07. The Hall–Kier alpha value is -3.20. The Labute approximate surface area is 176 Å². The van der Waals surface area contributed by atoms with Crippen molar-refractivity contribution in [3.63, 3.8) is 0 Å². The Bertz CT molecular complexity index is 967. The molecule has 0 bridgehead atoms. The summed E-state index contributed by atoms with van der Waals surface area (Å²) in [7, 11) is 1.38. The number of ether oxygens (including phenoxy) is 3. The van der Waals surface area contributed by atoms with Crippen molar-refractivity contribution in [3.05, 3.63) is 70.2 Å². The van der Waals surface area contributed by atoms with Crippen LogP contribution < -0.4 is 19.5 Å². The molecule has 6 nitrogen and oxygen atoms in total. The largest absolute Gasteiger partial charge is 0.493 e. The number of rotatable bonds is 10. The van der Waals surface area contributed by atoms with Crippen LogP contribution in [0, 0.1) is 0 Å². The predicted octanol–water partition coefficient (Wildman–Crippen LogP) is 4.30. The minimum atomic E-state index is -2.95. The first kappa shape index (κ1) is 21.5. The maximum Gasteiger partial charge on any atom is 0.387 e. The fourth-order valence-corrected chi connectivity index (χ4v) is 3.22. The topological polar surface area (TPSA) is 69.7 Å². The monoisotopic (exact) mass is 434 g/mol. The first-order valence-electron chi connectivity index (χ1n) is 9.05. The molecule has 0 aliphatic carbocycles. The molecule has 1 heterocycles. The van der Waals surface area contributed by atoms with Crippen LogP contribution in [-0.2, 0) is 13.0 Å². The van der Waals surface area contributed by atoms with E-state index in [1.165, 1.54) is 24.5 Å². The minimum absolute atomic E-state index is 0.0405. The van der Waals surface area contributed by atoms with E-state index in [2.05, 4.69) is 15.0 Å². The number of nitrogens with one attached hydrogen (secondary N) is 1. The summed E-state index contributed by atoms with van der Waals surface area (Å²) < 4.78 is 40.2. The lowest BCUT2D eigenvalue weighted by atomic mass is 10.1. The van der Waals surface area contributed by atoms with Crippen molar-refractivity contribution in [1.82, 2.24) is 10.3 Å². The number of aromatic nitrogens is 1. The number of thiazole rings is 1. The van der Waals surface area contributed by atoms with Gasteiger partial charge in [-0.1, -0.05) is 12.1 Å². The highest BCUT2D eigenvalue weighted by Crippen LogP contribution is 2.29. The van der Waals surface area contributed by atoms with E-state index in [-0.39, 0.29) is 17.4 Å². The molecular formula is C21H20F2N2O4S. The number of methoxy groups -OCH3 is 1. The Balaban J connectivity index is 1.53. The smallest absolute Gasteiger partial charge is 0.387 e. The molecule has 0 radical (unpaired) electrons. The lowest BCUT2D eigenvalue weighted by Gasteiger charge is -2.12. The molecule has 30 heavy (non-hydrogen) atoms. The van der Waals surface area contributed by atoms with Gasteiger partial charge < -0.3 is 19.5 Å². The maximum absolute atomic E-state index is 12.5. The molecule has 0 aliphatic heterocycles. The SMILES string of the molecule is COc1ccc(CCNC(=O)c2cccc(OCc3cscn3)c2)cc1OC(F)F. The molecule has 2 aromatic carbocycles. The third-order valence-electron chi connectivity index (χ3n) is 4.11. The van der Waals surface area contributed by atoms with Crippen LogP contribution in [0.25, 0.3) is 0 Å². The summed E-state index contributed by atoms with van der Waals surface area (Å²) in [4.78, 5) is 16.6. The fraction of sp³-hybridized carbons (Fsp3) is 0.238. The zero-order chi connectivity index (χ0) is 21.3. The van der Waals surface area contributed by atoms with Gasteiger partial charge in [0.2, 0.25) is 0 Å². The summed E-state index contributed by atoms with van der Waals surface area (Å²) in [6, 6.07) is 11.6. The van der Waals surface area contributed by atoms with Gasteiger partial charge in [0.15, 0.2) is 11.5 Å². The van der Waals surface area contributed by atoms with E-state index in [1.807, 2.05) is 5.38 Å². The van der Waals surface area contributed by atoms with Gasteiger partial charge in [-0.3, -0.25) is 4.79 Å². The Kier molecular flexibility index (Phi) is 7.56. The number of carbonyl (C=O) groups excluding carboxylic acids is 1. The van der Waals surface area contributed by atoms with E-state index in [0.29, 0.717) is 30.9 Å². The van der Waals surface area contributed by atoms with Crippen LogP contribution in [0.1, 0.15) is 21.6 Å². The van der Waals surface area contributed by atoms with Crippen molar-refractivity contribution in [1.29, 1.82) is 0 Å². The predicted molar refractivity (Wildman–Crippen MR) is 109 cm³/mol. The standard InChI is InChI=1S/C21H20F2N2O4S/c1-27-18-6-5-14(9-19(18)29-21(22)23)7-8-24-20(26)15-3-2-4-17(10-15)28-11-16-12-30-13-25-16/h2-6,9-10,12-13,21H,7-8,11H2,1H3,(H,24,26). The summed E-state index contributed by atoms with van der Waals surface area (Å²) in [5, 5.41) is 4.70. The molecule has 0 fully saturated rings. The number of benzene rings is 2. The van der Waals surface area contributed by atoms with E-state index in [0.717, 1.165) is 11.3 Å². The van der Waals surface area contributed by atoms with Crippen molar-refractivity contribution in [2.24, 2.45) is 0 Å². The molecule has 0 spiro atoms. The van der Waals surface area contributed by atoms with E-state index in [4.69, 9.17) is 9.47 Å². The zero-order valence-electron chi connectivity index (χ0n) is 16.1.